The van der Waals surface area contributed by atoms with Crippen molar-refractivity contribution in [3.8, 4) is 17.2 Å². The van der Waals surface area contributed by atoms with Crippen LogP contribution in [-0.4, -0.2) is 61.3 Å². The highest BCUT2D eigenvalue weighted by molar-refractivity contribution is 6.46. The highest BCUT2D eigenvalue weighted by Crippen LogP contribution is 2.43. The van der Waals surface area contributed by atoms with Crippen molar-refractivity contribution < 1.29 is 34.0 Å². The molecule has 1 saturated heterocycles. The van der Waals surface area contributed by atoms with Crippen LogP contribution in [0.15, 0.2) is 42.0 Å². The van der Waals surface area contributed by atoms with E-state index in [4.69, 9.17) is 25.8 Å². The predicted molar refractivity (Wildman–Crippen MR) is 118 cm³/mol. The van der Waals surface area contributed by atoms with E-state index in [0.717, 1.165) is 0 Å². The fourth-order valence-electron chi connectivity index (χ4n) is 3.68. The van der Waals surface area contributed by atoms with Crippen LogP contribution in [0.25, 0.3) is 5.76 Å². The van der Waals surface area contributed by atoms with E-state index in [1.807, 2.05) is 0 Å². The Morgan fingerprint density at radius 1 is 1.06 bits per heavy atom. The average molecular weight is 462 g/mol. The van der Waals surface area contributed by atoms with Crippen LogP contribution in [0.4, 0.5) is 0 Å². The fourth-order valence-corrected chi connectivity index (χ4v) is 3.92. The molecular weight excluding hydrogens is 438 g/mol. The van der Waals surface area contributed by atoms with Crippen LogP contribution in [0.5, 0.6) is 17.2 Å². The molecule has 8 nitrogen and oxygen atoms in total. The number of likely N-dealkylation sites (tertiary alicyclic amines) is 1. The first-order chi connectivity index (χ1) is 15.3. The van der Waals surface area contributed by atoms with E-state index in [1.165, 1.54) is 43.4 Å². The maximum Gasteiger partial charge on any atom is 0.295 e. The van der Waals surface area contributed by atoms with Crippen molar-refractivity contribution >= 4 is 29.1 Å². The Kier molecular flexibility index (Phi) is 7.27. The van der Waals surface area contributed by atoms with Gasteiger partial charge < -0.3 is 29.3 Å². The van der Waals surface area contributed by atoms with Gasteiger partial charge in [0.05, 0.1) is 36.4 Å². The SMILES string of the molecule is COCCCN1C(=O)C(=O)/C(=C(/O)c2cc(Cl)c(OC)cc2OC)C1c1ccc(O)cc1. The molecule has 1 amide bonds. The summed E-state index contributed by atoms with van der Waals surface area (Å²) in [5.41, 5.74) is 0.606. The fraction of sp³-hybridized carbons (Fsp3) is 0.304. The Morgan fingerprint density at radius 2 is 1.72 bits per heavy atom. The largest absolute Gasteiger partial charge is 0.508 e. The van der Waals surface area contributed by atoms with Gasteiger partial charge in [-0.1, -0.05) is 23.7 Å². The summed E-state index contributed by atoms with van der Waals surface area (Å²) in [5.74, 6) is -1.40. The van der Waals surface area contributed by atoms with Crippen molar-refractivity contribution in [1.82, 2.24) is 4.90 Å². The number of rotatable bonds is 8. The summed E-state index contributed by atoms with van der Waals surface area (Å²) in [4.78, 5) is 27.3. The number of carbonyl (C=O) groups excluding carboxylic acids is 2. The maximum atomic E-state index is 13.0. The number of amides is 1. The van der Waals surface area contributed by atoms with E-state index in [0.29, 0.717) is 24.3 Å². The standard InChI is InChI=1S/C23H24ClNO7/c1-30-10-4-9-25-20(13-5-7-14(26)8-6-13)19(22(28)23(25)29)21(27)15-11-16(24)18(32-3)12-17(15)31-2/h5-8,11-12,20,26-27H,4,9-10H2,1-3H3/b21-19+. The molecule has 2 aromatic rings. The Morgan fingerprint density at radius 3 is 2.31 bits per heavy atom. The number of methoxy groups -OCH3 is 3. The van der Waals surface area contributed by atoms with Crippen LogP contribution in [0.1, 0.15) is 23.6 Å². The maximum absolute atomic E-state index is 13.0. The molecule has 9 heteroatoms. The number of hydrogen-bond acceptors (Lipinski definition) is 7. The topological polar surface area (TPSA) is 106 Å². The zero-order valence-electron chi connectivity index (χ0n) is 17.9. The number of carbonyl (C=O) groups is 2. The monoisotopic (exact) mass is 461 g/mol. The smallest absolute Gasteiger partial charge is 0.295 e. The third-order valence-electron chi connectivity index (χ3n) is 5.23. The molecule has 3 rings (SSSR count). The molecule has 2 aromatic carbocycles. The quantitative estimate of drug-likeness (QED) is 0.268. The summed E-state index contributed by atoms with van der Waals surface area (Å²) >= 11 is 6.24. The Hall–Kier alpha value is -3.23. The number of ketones is 1. The predicted octanol–water partition coefficient (Wildman–Crippen LogP) is 3.52. The van der Waals surface area contributed by atoms with Gasteiger partial charge >= 0.3 is 0 Å². The molecule has 0 saturated carbocycles. The van der Waals surface area contributed by atoms with Gasteiger partial charge in [0.15, 0.2) is 0 Å². The van der Waals surface area contributed by atoms with Crippen LogP contribution in [0.3, 0.4) is 0 Å². The average Bonchev–Trinajstić information content (AvgIpc) is 3.04. The molecular formula is C23H24ClNO7. The molecule has 1 heterocycles. The summed E-state index contributed by atoms with van der Waals surface area (Å²) in [7, 11) is 4.39. The van der Waals surface area contributed by atoms with Crippen molar-refractivity contribution in [2.24, 2.45) is 0 Å². The third-order valence-corrected chi connectivity index (χ3v) is 5.52. The molecule has 1 unspecified atom stereocenters. The van der Waals surface area contributed by atoms with Crippen LogP contribution >= 0.6 is 11.6 Å². The number of nitrogens with zero attached hydrogens (tertiary/aromatic N) is 1. The van der Waals surface area contributed by atoms with Crippen molar-refractivity contribution in [3.05, 3.63) is 58.1 Å². The van der Waals surface area contributed by atoms with Crippen LogP contribution in [0, 0.1) is 0 Å². The van der Waals surface area contributed by atoms with Crippen LogP contribution in [-0.2, 0) is 14.3 Å². The van der Waals surface area contributed by atoms with Gasteiger partial charge in [-0.15, -0.1) is 0 Å². The molecule has 170 valence electrons. The van der Waals surface area contributed by atoms with Crippen molar-refractivity contribution in [2.75, 3.05) is 34.5 Å². The second-order valence-corrected chi connectivity index (χ2v) is 7.52. The molecule has 0 radical (unpaired) electrons. The van der Waals surface area contributed by atoms with Crippen LogP contribution in [0.2, 0.25) is 5.02 Å². The molecule has 1 fully saturated rings. The molecule has 0 aromatic heterocycles. The lowest BCUT2D eigenvalue weighted by molar-refractivity contribution is -0.140. The zero-order chi connectivity index (χ0) is 23.4. The number of phenols is 1. The first kappa shape index (κ1) is 23.4. The van der Waals surface area contributed by atoms with Gasteiger partial charge in [0.25, 0.3) is 11.7 Å². The minimum absolute atomic E-state index is 0.0358. The van der Waals surface area contributed by atoms with E-state index in [2.05, 4.69) is 0 Å². The van der Waals surface area contributed by atoms with Gasteiger partial charge in [-0.25, -0.2) is 0 Å². The molecule has 0 aliphatic carbocycles. The molecule has 1 aliphatic rings. The molecule has 0 bridgehead atoms. The van der Waals surface area contributed by atoms with Gasteiger partial charge in [-0.3, -0.25) is 9.59 Å². The number of aliphatic hydroxyl groups is 1. The van der Waals surface area contributed by atoms with E-state index >= 15 is 0 Å². The number of Topliss-reactive ketones (excluding diaryl/α,β-unsaturated/α-hetero) is 1. The van der Waals surface area contributed by atoms with Gasteiger partial charge in [0.2, 0.25) is 0 Å². The first-order valence-corrected chi connectivity index (χ1v) is 10.2. The number of halogens is 1. The Balaban J connectivity index is 2.20. The van der Waals surface area contributed by atoms with Gasteiger partial charge in [-0.05, 0) is 30.2 Å². The van der Waals surface area contributed by atoms with E-state index < -0.39 is 23.5 Å². The lowest BCUT2D eigenvalue weighted by Gasteiger charge is -2.25. The van der Waals surface area contributed by atoms with Crippen LogP contribution < -0.4 is 9.47 Å². The minimum atomic E-state index is -0.863. The number of ether oxygens (including phenoxy) is 3. The summed E-state index contributed by atoms with van der Waals surface area (Å²) in [6, 6.07) is 8.15. The molecule has 0 spiro atoms. The van der Waals surface area contributed by atoms with Crippen molar-refractivity contribution in [1.29, 1.82) is 0 Å². The lowest BCUT2D eigenvalue weighted by Crippen LogP contribution is -2.31. The number of aliphatic hydroxyl groups excluding tert-OH is 1. The summed E-state index contributed by atoms with van der Waals surface area (Å²) in [6.07, 6.45) is 0.496. The highest BCUT2D eigenvalue weighted by atomic mass is 35.5. The summed E-state index contributed by atoms with van der Waals surface area (Å²) < 4.78 is 15.6. The number of hydrogen-bond donors (Lipinski definition) is 2. The first-order valence-electron chi connectivity index (χ1n) is 9.82. The molecule has 1 aliphatic heterocycles. The number of benzene rings is 2. The molecule has 1 atom stereocenters. The third kappa shape index (κ3) is 4.37. The van der Waals surface area contributed by atoms with Gasteiger partial charge in [0, 0.05) is 26.3 Å². The molecule has 2 N–H and O–H groups in total. The molecule has 32 heavy (non-hydrogen) atoms. The second kappa shape index (κ2) is 9.93. The normalized spacial score (nSPS) is 17.6. The van der Waals surface area contributed by atoms with Gasteiger partial charge in [0.1, 0.15) is 23.0 Å². The van der Waals surface area contributed by atoms with E-state index in [1.54, 1.807) is 19.2 Å². The van der Waals surface area contributed by atoms with Crippen molar-refractivity contribution in [2.45, 2.75) is 12.5 Å². The Bertz CT molecular complexity index is 1050. The highest BCUT2D eigenvalue weighted by Gasteiger charge is 2.46. The summed E-state index contributed by atoms with van der Waals surface area (Å²) in [5, 5.41) is 21.1. The van der Waals surface area contributed by atoms with Crippen molar-refractivity contribution in [3.63, 3.8) is 0 Å². The lowest BCUT2D eigenvalue weighted by atomic mass is 9.95. The Labute approximate surface area is 190 Å². The zero-order valence-corrected chi connectivity index (χ0v) is 18.7. The van der Waals surface area contributed by atoms with Gasteiger partial charge in [-0.2, -0.15) is 0 Å². The second-order valence-electron chi connectivity index (χ2n) is 7.12. The summed E-state index contributed by atoms with van der Waals surface area (Å²) in [6.45, 7) is 0.633. The van der Waals surface area contributed by atoms with E-state index in [-0.39, 0.29) is 34.2 Å². The number of phenolic OH excluding ortho intramolecular Hbond substituents is 1. The van der Waals surface area contributed by atoms with E-state index in [9.17, 15) is 19.8 Å². The minimum Gasteiger partial charge on any atom is -0.508 e. The number of aromatic hydroxyl groups is 1.